The van der Waals surface area contributed by atoms with Crippen molar-refractivity contribution in [1.29, 1.82) is 0 Å². The molecule has 0 radical (unpaired) electrons. The van der Waals surface area contributed by atoms with E-state index in [0.29, 0.717) is 17.8 Å². The number of rotatable bonds is 1. The molecule has 0 unspecified atom stereocenters. The highest BCUT2D eigenvalue weighted by atomic mass is 16.4. The van der Waals surface area contributed by atoms with Crippen LogP contribution in [0.4, 0.5) is 0 Å². The molecule has 0 aromatic heterocycles. The minimum atomic E-state index is -0.576. The fourth-order valence-corrected chi connectivity index (χ4v) is 7.05. The molecule has 3 fully saturated rings. The normalized spacial score (nSPS) is 52.1. The first-order valence-corrected chi connectivity index (χ1v) is 9.46. The Morgan fingerprint density at radius 2 is 1.91 bits per heavy atom. The molecule has 7 atom stereocenters. The summed E-state index contributed by atoms with van der Waals surface area (Å²) >= 11 is 0. The van der Waals surface area contributed by atoms with Crippen LogP contribution in [0.2, 0.25) is 0 Å². The first-order chi connectivity index (χ1) is 10.9. The van der Waals surface area contributed by atoms with Crippen molar-refractivity contribution in [2.45, 2.75) is 71.3 Å². The number of hydrogen-bond acceptors (Lipinski definition) is 2. The third-order valence-electron chi connectivity index (χ3n) is 8.38. The molecule has 4 rings (SSSR count). The predicted molar refractivity (Wildman–Crippen MR) is 88.8 cm³/mol. The zero-order valence-electron chi connectivity index (χ0n) is 14.4. The molecule has 128 valence electrons. The Balaban J connectivity index is 1.66. The summed E-state index contributed by atoms with van der Waals surface area (Å²) in [6, 6.07) is 0. The Kier molecular flexibility index (Phi) is 3.46. The Hall–Kier alpha value is -0.830. The van der Waals surface area contributed by atoms with Crippen LogP contribution in [-0.2, 0) is 4.79 Å². The molecule has 3 heteroatoms. The zero-order valence-corrected chi connectivity index (χ0v) is 14.4. The summed E-state index contributed by atoms with van der Waals surface area (Å²) in [5.41, 5.74) is 1.75. The third-order valence-corrected chi connectivity index (χ3v) is 8.38. The number of allylic oxidation sites excluding steroid dienone is 1. The molecule has 0 saturated heterocycles. The first-order valence-electron chi connectivity index (χ1n) is 9.46. The van der Waals surface area contributed by atoms with Crippen LogP contribution in [0.5, 0.6) is 0 Å². The smallest absolute Gasteiger partial charge is 0.307 e. The van der Waals surface area contributed by atoms with Crippen molar-refractivity contribution < 1.29 is 15.0 Å². The molecule has 0 aliphatic heterocycles. The molecule has 23 heavy (non-hydrogen) atoms. The molecule has 0 aromatic carbocycles. The lowest BCUT2D eigenvalue weighted by molar-refractivity contribution is -0.148. The summed E-state index contributed by atoms with van der Waals surface area (Å²) in [6.45, 7) is 4.68. The highest BCUT2D eigenvalue weighted by Crippen LogP contribution is 2.66. The lowest BCUT2D eigenvalue weighted by atomic mass is 9.47. The van der Waals surface area contributed by atoms with Gasteiger partial charge in [-0.2, -0.15) is 0 Å². The maximum atomic E-state index is 11.7. The number of fused-ring (bicyclic) bond motifs is 5. The van der Waals surface area contributed by atoms with E-state index < -0.39 is 5.97 Å². The second kappa shape index (κ2) is 5.08. The molecule has 0 spiro atoms. The van der Waals surface area contributed by atoms with E-state index >= 15 is 0 Å². The number of carboxylic acid groups (broad SMARTS) is 1. The lowest BCUT2D eigenvalue weighted by Gasteiger charge is -2.57. The number of hydrogen-bond donors (Lipinski definition) is 2. The largest absolute Gasteiger partial charge is 0.481 e. The molecule has 3 saturated carbocycles. The van der Waals surface area contributed by atoms with Gasteiger partial charge in [0.15, 0.2) is 0 Å². The molecule has 3 nitrogen and oxygen atoms in total. The van der Waals surface area contributed by atoms with Gasteiger partial charge in [-0.05, 0) is 80.0 Å². The summed E-state index contributed by atoms with van der Waals surface area (Å²) in [4.78, 5) is 11.7. The average molecular weight is 318 g/mol. The van der Waals surface area contributed by atoms with E-state index in [1.165, 1.54) is 12.0 Å². The summed E-state index contributed by atoms with van der Waals surface area (Å²) in [5.74, 6) is 1.21. The van der Waals surface area contributed by atoms with Gasteiger partial charge in [0.05, 0.1) is 12.0 Å². The second-order valence-corrected chi connectivity index (χ2v) is 9.17. The van der Waals surface area contributed by atoms with Crippen molar-refractivity contribution in [2.24, 2.45) is 34.5 Å². The molecule has 4 aliphatic rings. The monoisotopic (exact) mass is 318 g/mol. The van der Waals surface area contributed by atoms with Gasteiger partial charge >= 0.3 is 5.97 Å². The lowest BCUT2D eigenvalue weighted by Crippen LogP contribution is -2.51. The minimum absolute atomic E-state index is 0.00286. The van der Waals surface area contributed by atoms with Crippen molar-refractivity contribution in [1.82, 2.24) is 0 Å². The predicted octanol–water partition coefficient (Wildman–Crippen LogP) is 4.01. The Bertz CT molecular complexity index is 553. The summed E-state index contributed by atoms with van der Waals surface area (Å²) in [5, 5.41) is 19.7. The van der Waals surface area contributed by atoms with Crippen molar-refractivity contribution in [3.63, 3.8) is 0 Å². The van der Waals surface area contributed by atoms with Crippen molar-refractivity contribution in [2.75, 3.05) is 0 Å². The zero-order chi connectivity index (χ0) is 16.4. The number of aliphatic hydroxyl groups excluding tert-OH is 1. The summed E-state index contributed by atoms with van der Waals surface area (Å²) in [7, 11) is 0. The number of aliphatic carboxylic acids is 1. The van der Waals surface area contributed by atoms with Crippen LogP contribution in [0, 0.1) is 34.5 Å². The molecule has 4 aliphatic carbocycles. The Labute approximate surface area is 139 Å². The molecular formula is C20H30O3. The van der Waals surface area contributed by atoms with E-state index in [1.807, 2.05) is 0 Å². The van der Waals surface area contributed by atoms with E-state index in [4.69, 9.17) is 0 Å². The molecule has 0 aromatic rings. The molecule has 0 amide bonds. The van der Waals surface area contributed by atoms with Gasteiger partial charge in [-0.15, -0.1) is 0 Å². The van der Waals surface area contributed by atoms with Crippen LogP contribution in [0.25, 0.3) is 0 Å². The molecular weight excluding hydrogens is 288 g/mol. The van der Waals surface area contributed by atoms with Gasteiger partial charge in [-0.25, -0.2) is 0 Å². The van der Waals surface area contributed by atoms with Crippen LogP contribution in [0.3, 0.4) is 0 Å². The van der Waals surface area contributed by atoms with Crippen molar-refractivity contribution in [3.8, 4) is 0 Å². The SMILES string of the molecule is C[C@@]12CC[C@@H]3[C@H](CC=C4C[C@H](O)CC[C@@]43C)[C@H]1CC[C@H]2C(=O)O. The topological polar surface area (TPSA) is 57.5 Å². The fourth-order valence-electron chi connectivity index (χ4n) is 7.05. The van der Waals surface area contributed by atoms with Crippen molar-refractivity contribution >= 4 is 5.97 Å². The molecule has 0 heterocycles. The van der Waals surface area contributed by atoms with Crippen LogP contribution >= 0.6 is 0 Å². The van der Waals surface area contributed by atoms with E-state index in [-0.39, 0.29) is 22.9 Å². The van der Waals surface area contributed by atoms with Gasteiger partial charge in [0, 0.05) is 0 Å². The average Bonchev–Trinajstić information content (AvgIpc) is 2.85. The number of carboxylic acids is 1. The molecule has 0 bridgehead atoms. The van der Waals surface area contributed by atoms with Gasteiger partial charge in [0.1, 0.15) is 0 Å². The van der Waals surface area contributed by atoms with Crippen LogP contribution < -0.4 is 0 Å². The maximum absolute atomic E-state index is 11.7. The summed E-state index contributed by atoms with van der Waals surface area (Å²) < 4.78 is 0. The highest BCUT2D eigenvalue weighted by Gasteiger charge is 2.59. The van der Waals surface area contributed by atoms with Gasteiger partial charge < -0.3 is 10.2 Å². The maximum Gasteiger partial charge on any atom is 0.307 e. The first kappa shape index (κ1) is 15.7. The summed E-state index contributed by atoms with van der Waals surface area (Å²) in [6.07, 6.45) is 10.5. The second-order valence-electron chi connectivity index (χ2n) is 9.17. The quantitative estimate of drug-likeness (QED) is 0.718. The van der Waals surface area contributed by atoms with Crippen LogP contribution in [0.1, 0.15) is 65.2 Å². The fraction of sp³-hybridized carbons (Fsp3) is 0.850. The van der Waals surface area contributed by atoms with Gasteiger partial charge in [0.2, 0.25) is 0 Å². The number of carbonyl (C=O) groups is 1. The van der Waals surface area contributed by atoms with Gasteiger partial charge in [0.25, 0.3) is 0 Å². The van der Waals surface area contributed by atoms with Crippen LogP contribution in [0.15, 0.2) is 11.6 Å². The van der Waals surface area contributed by atoms with E-state index in [0.717, 1.165) is 44.9 Å². The standard InChI is InChI=1S/C20H30O3/c1-19-9-7-13(21)11-12(19)3-4-14-15-5-6-17(18(22)23)20(15,2)10-8-16(14)19/h3,13-17,21H,4-11H2,1-2H3,(H,22,23)/t13-,14-,15-,16-,17+,19+,20-/m1/s1. The van der Waals surface area contributed by atoms with Crippen LogP contribution in [-0.4, -0.2) is 22.3 Å². The Morgan fingerprint density at radius 1 is 1.13 bits per heavy atom. The van der Waals surface area contributed by atoms with E-state index in [9.17, 15) is 15.0 Å². The number of aliphatic hydroxyl groups is 1. The van der Waals surface area contributed by atoms with Crippen molar-refractivity contribution in [3.05, 3.63) is 11.6 Å². The van der Waals surface area contributed by atoms with Gasteiger partial charge in [-0.1, -0.05) is 25.5 Å². The minimum Gasteiger partial charge on any atom is -0.481 e. The third kappa shape index (κ3) is 2.08. The van der Waals surface area contributed by atoms with Gasteiger partial charge in [-0.3, -0.25) is 4.79 Å². The highest BCUT2D eigenvalue weighted by molar-refractivity contribution is 5.71. The van der Waals surface area contributed by atoms with E-state index in [1.54, 1.807) is 0 Å². The molecule has 2 N–H and O–H groups in total. The van der Waals surface area contributed by atoms with E-state index in [2.05, 4.69) is 19.9 Å². The Morgan fingerprint density at radius 3 is 2.65 bits per heavy atom.